The second-order valence-corrected chi connectivity index (χ2v) is 9.51. The molecule has 2 fully saturated rings. The largest absolute Gasteiger partial charge is 0.507 e. The van der Waals surface area contributed by atoms with Crippen molar-refractivity contribution in [1.82, 2.24) is 20.1 Å². The van der Waals surface area contributed by atoms with E-state index in [9.17, 15) is 28.6 Å². The van der Waals surface area contributed by atoms with E-state index in [1.54, 1.807) is 4.90 Å². The van der Waals surface area contributed by atoms with Gasteiger partial charge in [0.05, 0.1) is 24.8 Å². The standard InChI is InChI=1S/C27H24F2N4O5/c28-16-6-5-14(20(29)8-16)9-31-26(36)19-11-32-12-22-33(27(37)23(32)25(35)24(19)34)17(13-38-22)7-15-10-30-21-4-2-1-3-18(15)21/h1-6,8,10-11,17,22,24,30,34-35H,7,9,12-13H2,(H,31,36)/t17-,22+,24?/m0/s1. The third kappa shape index (κ3) is 4.00. The van der Waals surface area contributed by atoms with Crippen LogP contribution in [0.25, 0.3) is 10.9 Å². The number of fused-ring (bicyclic) bond motifs is 3. The zero-order valence-corrected chi connectivity index (χ0v) is 20.0. The van der Waals surface area contributed by atoms with Crippen molar-refractivity contribution in [2.45, 2.75) is 31.3 Å². The molecule has 0 radical (unpaired) electrons. The van der Waals surface area contributed by atoms with Gasteiger partial charge >= 0.3 is 0 Å². The normalized spacial score (nSPS) is 23.0. The van der Waals surface area contributed by atoms with E-state index in [1.165, 1.54) is 17.2 Å². The molecule has 1 aromatic heterocycles. The van der Waals surface area contributed by atoms with Crippen LogP contribution in [0.1, 0.15) is 11.1 Å². The lowest BCUT2D eigenvalue weighted by Crippen LogP contribution is -2.56. The number of aliphatic hydroxyl groups is 2. The molecule has 2 aromatic carbocycles. The number of H-pyrrole nitrogens is 1. The quantitative estimate of drug-likeness (QED) is 0.408. The summed E-state index contributed by atoms with van der Waals surface area (Å²) in [6.45, 7) is 0.173. The summed E-state index contributed by atoms with van der Waals surface area (Å²) in [4.78, 5) is 32.5. The van der Waals surface area contributed by atoms with Gasteiger partial charge in [0, 0.05) is 41.5 Å². The highest BCUT2D eigenvalue weighted by Crippen LogP contribution is 2.35. The van der Waals surface area contributed by atoms with Crippen LogP contribution in [-0.4, -0.2) is 68.3 Å². The molecular weight excluding hydrogens is 498 g/mol. The predicted octanol–water partition coefficient (Wildman–Crippen LogP) is 2.20. The van der Waals surface area contributed by atoms with Gasteiger partial charge in [0.1, 0.15) is 23.4 Å². The Morgan fingerprint density at radius 1 is 1.18 bits per heavy atom. The summed E-state index contributed by atoms with van der Waals surface area (Å²) in [5.41, 5.74) is 1.73. The van der Waals surface area contributed by atoms with Crippen molar-refractivity contribution in [3.8, 4) is 0 Å². The SMILES string of the molecule is O=C(NCc1ccc(F)cc1F)C1=CN2C[C@H]3OC[C@H](Cc4c[nH]c5ccccc45)N3C(=O)C2=C(O)C1O. The first kappa shape index (κ1) is 24.1. The number of carbonyl (C=O) groups is 2. The lowest BCUT2D eigenvalue weighted by atomic mass is 9.98. The smallest absolute Gasteiger partial charge is 0.276 e. The number of halogens is 2. The van der Waals surface area contributed by atoms with E-state index in [2.05, 4.69) is 10.3 Å². The van der Waals surface area contributed by atoms with E-state index in [0.717, 1.165) is 22.5 Å². The second-order valence-electron chi connectivity index (χ2n) is 9.51. The number of nitrogens with zero attached hydrogens (tertiary/aromatic N) is 2. The van der Waals surface area contributed by atoms with Crippen molar-refractivity contribution in [1.29, 1.82) is 0 Å². The Kier molecular flexibility index (Phi) is 5.88. The molecule has 1 unspecified atom stereocenters. The van der Waals surface area contributed by atoms with Crippen molar-refractivity contribution in [3.05, 3.63) is 94.7 Å². The van der Waals surface area contributed by atoms with Crippen LogP contribution in [0.5, 0.6) is 0 Å². The van der Waals surface area contributed by atoms with Crippen LogP contribution in [0, 0.1) is 11.6 Å². The van der Waals surface area contributed by atoms with Gasteiger partial charge < -0.3 is 35.1 Å². The first-order valence-corrected chi connectivity index (χ1v) is 12.1. The average Bonchev–Trinajstić information content (AvgIpc) is 3.50. The van der Waals surface area contributed by atoms with Crippen molar-refractivity contribution in [3.63, 3.8) is 0 Å². The maximum absolute atomic E-state index is 13.9. The van der Waals surface area contributed by atoms with Gasteiger partial charge in [0.2, 0.25) is 0 Å². The van der Waals surface area contributed by atoms with E-state index in [1.807, 2.05) is 30.5 Å². The number of ether oxygens (including phenoxy) is 1. The number of para-hydroxylation sites is 1. The molecule has 9 nitrogen and oxygen atoms in total. The topological polar surface area (TPSA) is 118 Å². The van der Waals surface area contributed by atoms with E-state index in [0.29, 0.717) is 19.1 Å². The number of hydrogen-bond acceptors (Lipinski definition) is 6. The molecule has 3 aliphatic heterocycles. The van der Waals surface area contributed by atoms with Crippen molar-refractivity contribution >= 4 is 22.7 Å². The van der Waals surface area contributed by atoms with E-state index in [4.69, 9.17) is 4.74 Å². The van der Waals surface area contributed by atoms with Crippen LogP contribution >= 0.6 is 0 Å². The fourth-order valence-corrected chi connectivity index (χ4v) is 5.29. The maximum Gasteiger partial charge on any atom is 0.276 e. The third-order valence-electron chi connectivity index (χ3n) is 7.20. The van der Waals surface area contributed by atoms with Crippen LogP contribution in [-0.2, 0) is 27.3 Å². The van der Waals surface area contributed by atoms with Crippen molar-refractivity contribution < 1.29 is 33.3 Å². The van der Waals surface area contributed by atoms with E-state index in [-0.39, 0.29) is 36.0 Å². The fourth-order valence-electron chi connectivity index (χ4n) is 5.29. The summed E-state index contributed by atoms with van der Waals surface area (Å²) in [5.74, 6) is -3.50. The predicted molar refractivity (Wildman–Crippen MR) is 131 cm³/mol. The zero-order valence-electron chi connectivity index (χ0n) is 20.0. The van der Waals surface area contributed by atoms with Crippen LogP contribution < -0.4 is 5.32 Å². The van der Waals surface area contributed by atoms with Crippen molar-refractivity contribution in [2.75, 3.05) is 13.2 Å². The van der Waals surface area contributed by atoms with Gasteiger partial charge in [0.25, 0.3) is 11.8 Å². The summed E-state index contributed by atoms with van der Waals surface area (Å²) in [7, 11) is 0. The minimum atomic E-state index is -1.75. The van der Waals surface area contributed by atoms with E-state index >= 15 is 0 Å². The van der Waals surface area contributed by atoms with Gasteiger partial charge in [-0.3, -0.25) is 9.59 Å². The van der Waals surface area contributed by atoms with Gasteiger partial charge in [-0.05, 0) is 24.1 Å². The van der Waals surface area contributed by atoms with Gasteiger partial charge in [0.15, 0.2) is 12.0 Å². The molecule has 0 saturated carbocycles. The van der Waals surface area contributed by atoms with Gasteiger partial charge in [-0.15, -0.1) is 0 Å². The first-order chi connectivity index (χ1) is 18.3. The lowest BCUT2D eigenvalue weighted by Gasteiger charge is -2.41. The lowest BCUT2D eigenvalue weighted by molar-refractivity contribution is -0.141. The fraction of sp³-hybridized carbons (Fsp3) is 0.259. The molecule has 0 spiro atoms. The number of hydrogen-bond donors (Lipinski definition) is 4. The molecule has 2 saturated heterocycles. The van der Waals surface area contributed by atoms with E-state index < -0.39 is 41.5 Å². The molecule has 6 rings (SSSR count). The van der Waals surface area contributed by atoms with Crippen molar-refractivity contribution in [2.24, 2.45) is 0 Å². The Hall–Kier alpha value is -4.22. The summed E-state index contributed by atoms with van der Waals surface area (Å²) in [6.07, 6.45) is 1.37. The van der Waals surface area contributed by atoms with Gasteiger partial charge in [-0.2, -0.15) is 0 Å². The number of rotatable bonds is 5. The highest BCUT2D eigenvalue weighted by atomic mass is 19.1. The average molecular weight is 523 g/mol. The zero-order chi connectivity index (χ0) is 26.6. The minimum Gasteiger partial charge on any atom is -0.507 e. The van der Waals surface area contributed by atoms with Crippen LogP contribution in [0.3, 0.4) is 0 Å². The number of nitrogens with one attached hydrogen (secondary N) is 2. The molecule has 4 heterocycles. The second kappa shape index (κ2) is 9.26. The molecular formula is C27H24F2N4O5. The third-order valence-corrected chi connectivity index (χ3v) is 7.20. The highest BCUT2D eigenvalue weighted by molar-refractivity contribution is 5.99. The number of aliphatic hydroxyl groups excluding tert-OH is 2. The summed E-state index contributed by atoms with van der Waals surface area (Å²) >= 11 is 0. The molecule has 2 amide bonds. The molecule has 3 aliphatic rings. The molecule has 196 valence electrons. The molecule has 3 atom stereocenters. The Bertz CT molecular complexity index is 1520. The Morgan fingerprint density at radius 3 is 2.82 bits per heavy atom. The summed E-state index contributed by atoms with van der Waals surface area (Å²) in [6, 6.07) is 10.5. The van der Waals surface area contributed by atoms with Crippen LogP contribution in [0.15, 0.2) is 71.9 Å². The van der Waals surface area contributed by atoms with Crippen LogP contribution in [0.2, 0.25) is 0 Å². The maximum atomic E-state index is 13.9. The number of carbonyl (C=O) groups excluding carboxylic acids is 2. The summed E-state index contributed by atoms with van der Waals surface area (Å²) in [5, 5.41) is 25.0. The number of benzene rings is 2. The Balaban J connectivity index is 1.20. The minimum absolute atomic E-state index is 0.0514. The molecule has 4 N–H and O–H groups in total. The molecule has 0 bridgehead atoms. The molecule has 0 aliphatic carbocycles. The molecule has 11 heteroatoms. The molecule has 3 aromatic rings. The number of aromatic nitrogens is 1. The monoisotopic (exact) mass is 522 g/mol. The van der Waals surface area contributed by atoms with Crippen LogP contribution in [0.4, 0.5) is 8.78 Å². The van der Waals surface area contributed by atoms with Gasteiger partial charge in [-0.25, -0.2) is 8.78 Å². The number of aromatic amines is 1. The Morgan fingerprint density at radius 2 is 2.00 bits per heavy atom. The number of amides is 2. The summed E-state index contributed by atoms with van der Waals surface area (Å²) < 4.78 is 33.0. The molecule has 38 heavy (non-hydrogen) atoms. The number of piperazine rings is 1. The Labute approximate surface area is 215 Å². The first-order valence-electron chi connectivity index (χ1n) is 12.1. The van der Waals surface area contributed by atoms with Gasteiger partial charge in [-0.1, -0.05) is 24.3 Å². The highest BCUT2D eigenvalue weighted by Gasteiger charge is 2.48.